The van der Waals surface area contributed by atoms with Crippen LogP contribution in [0.5, 0.6) is 5.88 Å². The van der Waals surface area contributed by atoms with Gasteiger partial charge in [-0.2, -0.15) is 13.2 Å². The molecule has 2 aromatic rings. The van der Waals surface area contributed by atoms with Crippen LogP contribution >= 0.6 is 24.0 Å². The van der Waals surface area contributed by atoms with Gasteiger partial charge in [-0.3, -0.25) is 0 Å². The van der Waals surface area contributed by atoms with Gasteiger partial charge in [0.25, 0.3) is 0 Å². The summed E-state index contributed by atoms with van der Waals surface area (Å²) in [6, 6.07) is 9.51. The number of nitrogens with zero attached hydrogens (tertiary/aromatic N) is 2. The number of alkyl halides is 3. The molecule has 0 fully saturated rings. The van der Waals surface area contributed by atoms with Crippen LogP contribution < -0.4 is 15.4 Å². The maximum Gasteiger partial charge on any atom is 0.422 e. The minimum Gasteiger partial charge on any atom is -0.468 e. The Kier molecular flexibility index (Phi) is 9.97. The number of halogens is 5. The maximum atomic E-state index is 13.7. The summed E-state index contributed by atoms with van der Waals surface area (Å²) in [5.41, 5.74) is 0.878. The van der Waals surface area contributed by atoms with Crippen LogP contribution in [0.2, 0.25) is 0 Å². The SMILES string of the molecule is CCNC(=NCc1cccnc1OCC(F)(F)F)NCc1ccccc1F.I. The van der Waals surface area contributed by atoms with Crippen LogP contribution in [-0.2, 0) is 13.1 Å². The normalized spacial score (nSPS) is 11.5. The van der Waals surface area contributed by atoms with Crippen molar-refractivity contribution >= 4 is 29.9 Å². The third-order valence-corrected chi connectivity index (χ3v) is 3.38. The molecule has 0 aliphatic rings. The predicted octanol–water partition coefficient (Wildman–Crippen LogP) is 4.04. The van der Waals surface area contributed by atoms with E-state index in [4.69, 9.17) is 4.74 Å². The average molecular weight is 512 g/mol. The molecule has 1 aromatic heterocycles. The lowest BCUT2D eigenvalue weighted by molar-refractivity contribution is -0.154. The van der Waals surface area contributed by atoms with E-state index < -0.39 is 12.8 Å². The van der Waals surface area contributed by atoms with Crippen molar-refractivity contribution in [3.63, 3.8) is 0 Å². The molecule has 0 unspecified atom stereocenters. The van der Waals surface area contributed by atoms with Crippen LogP contribution in [0.1, 0.15) is 18.1 Å². The van der Waals surface area contributed by atoms with Crippen LogP contribution in [0.15, 0.2) is 47.6 Å². The van der Waals surface area contributed by atoms with Gasteiger partial charge >= 0.3 is 6.18 Å². The lowest BCUT2D eigenvalue weighted by Gasteiger charge is -2.13. The summed E-state index contributed by atoms with van der Waals surface area (Å²) in [6.45, 7) is 1.26. The number of aliphatic imine (C=N–C) groups is 1. The van der Waals surface area contributed by atoms with Gasteiger partial charge in [-0.1, -0.05) is 24.3 Å². The lowest BCUT2D eigenvalue weighted by Crippen LogP contribution is -2.37. The van der Waals surface area contributed by atoms with E-state index in [1.54, 1.807) is 30.3 Å². The number of nitrogens with one attached hydrogen (secondary N) is 2. The Morgan fingerprint density at radius 3 is 2.50 bits per heavy atom. The van der Waals surface area contributed by atoms with Crippen molar-refractivity contribution in [2.24, 2.45) is 4.99 Å². The fraction of sp³-hybridized carbons (Fsp3) is 0.333. The zero-order chi connectivity index (χ0) is 19.7. The summed E-state index contributed by atoms with van der Waals surface area (Å²) in [7, 11) is 0. The van der Waals surface area contributed by atoms with Gasteiger partial charge in [-0.05, 0) is 19.1 Å². The van der Waals surface area contributed by atoms with Gasteiger partial charge in [0.2, 0.25) is 5.88 Å². The van der Waals surface area contributed by atoms with E-state index in [-0.39, 0.29) is 48.8 Å². The second-order valence-corrected chi connectivity index (χ2v) is 5.51. The lowest BCUT2D eigenvalue weighted by atomic mass is 10.2. The first-order chi connectivity index (χ1) is 12.9. The van der Waals surface area contributed by atoms with Gasteiger partial charge in [-0.25, -0.2) is 14.4 Å². The molecule has 0 spiro atoms. The highest BCUT2D eigenvalue weighted by Gasteiger charge is 2.29. The summed E-state index contributed by atoms with van der Waals surface area (Å²) >= 11 is 0. The Morgan fingerprint density at radius 2 is 1.82 bits per heavy atom. The highest BCUT2D eigenvalue weighted by Crippen LogP contribution is 2.20. The number of rotatable bonds is 7. The molecule has 0 aliphatic carbocycles. The molecule has 28 heavy (non-hydrogen) atoms. The van der Waals surface area contributed by atoms with Gasteiger partial charge < -0.3 is 15.4 Å². The second kappa shape index (κ2) is 11.7. The predicted molar refractivity (Wildman–Crippen MR) is 109 cm³/mol. The Balaban J connectivity index is 0.00000392. The molecule has 154 valence electrons. The Morgan fingerprint density at radius 1 is 1.11 bits per heavy atom. The van der Waals surface area contributed by atoms with Crippen LogP contribution in [0.25, 0.3) is 0 Å². The van der Waals surface area contributed by atoms with Crippen molar-refractivity contribution in [1.29, 1.82) is 0 Å². The molecule has 2 N–H and O–H groups in total. The van der Waals surface area contributed by atoms with E-state index in [1.807, 2.05) is 6.92 Å². The van der Waals surface area contributed by atoms with Crippen LogP contribution in [0, 0.1) is 5.82 Å². The number of benzene rings is 1. The summed E-state index contributed by atoms with van der Waals surface area (Å²) in [5, 5.41) is 5.97. The summed E-state index contributed by atoms with van der Waals surface area (Å²) in [5.74, 6) is -0.0640. The first kappa shape index (κ1) is 23.9. The molecule has 5 nitrogen and oxygen atoms in total. The van der Waals surface area contributed by atoms with E-state index in [1.165, 1.54) is 12.3 Å². The van der Waals surface area contributed by atoms with Crippen molar-refractivity contribution in [3.05, 3.63) is 59.5 Å². The van der Waals surface area contributed by atoms with Crippen molar-refractivity contribution in [2.75, 3.05) is 13.2 Å². The van der Waals surface area contributed by atoms with Gasteiger partial charge in [0.1, 0.15) is 5.82 Å². The number of hydrogen-bond acceptors (Lipinski definition) is 3. The van der Waals surface area contributed by atoms with Crippen molar-refractivity contribution < 1.29 is 22.3 Å². The van der Waals surface area contributed by atoms with Crippen LogP contribution in [0.3, 0.4) is 0 Å². The van der Waals surface area contributed by atoms with E-state index >= 15 is 0 Å². The highest BCUT2D eigenvalue weighted by molar-refractivity contribution is 14.0. The maximum absolute atomic E-state index is 13.7. The van der Waals surface area contributed by atoms with Crippen molar-refractivity contribution in [3.8, 4) is 5.88 Å². The van der Waals surface area contributed by atoms with Gasteiger partial charge in [0, 0.05) is 30.4 Å². The van der Waals surface area contributed by atoms with Crippen LogP contribution in [0.4, 0.5) is 17.6 Å². The number of aromatic nitrogens is 1. The van der Waals surface area contributed by atoms with E-state index in [0.717, 1.165) is 0 Å². The highest BCUT2D eigenvalue weighted by atomic mass is 127. The minimum atomic E-state index is -4.45. The zero-order valence-electron chi connectivity index (χ0n) is 15.1. The van der Waals surface area contributed by atoms with Gasteiger partial charge in [0.05, 0.1) is 6.54 Å². The Hall–Kier alpha value is -2.11. The third kappa shape index (κ3) is 8.28. The number of ether oxygens (including phenoxy) is 1. The second-order valence-electron chi connectivity index (χ2n) is 5.51. The standard InChI is InChI=1S/C18H20F4N4O.HI/c1-2-23-17(25-10-13-6-3-4-8-15(13)19)26-11-14-7-5-9-24-16(14)27-12-18(20,21)22;/h3-9H,2,10-12H2,1H3,(H2,23,25,26);1H. The molecule has 1 heterocycles. The largest absolute Gasteiger partial charge is 0.468 e. The third-order valence-electron chi connectivity index (χ3n) is 3.38. The van der Waals surface area contributed by atoms with Crippen molar-refractivity contribution in [1.82, 2.24) is 15.6 Å². The number of pyridine rings is 1. The van der Waals surface area contributed by atoms with Gasteiger partial charge in [0.15, 0.2) is 12.6 Å². The molecular weight excluding hydrogens is 491 g/mol. The Labute approximate surface area is 177 Å². The molecule has 10 heteroatoms. The van der Waals surface area contributed by atoms with E-state index in [0.29, 0.717) is 23.6 Å². The molecule has 0 saturated heterocycles. The molecule has 1 aromatic carbocycles. The van der Waals surface area contributed by atoms with Crippen LogP contribution in [-0.4, -0.2) is 30.3 Å². The van der Waals surface area contributed by atoms with Gasteiger partial charge in [-0.15, -0.1) is 24.0 Å². The zero-order valence-corrected chi connectivity index (χ0v) is 17.4. The van der Waals surface area contributed by atoms with E-state index in [9.17, 15) is 17.6 Å². The Bertz CT molecular complexity index is 771. The molecule has 0 radical (unpaired) electrons. The number of guanidine groups is 1. The molecule has 0 amide bonds. The summed E-state index contributed by atoms with van der Waals surface area (Å²) in [6.07, 6.45) is -3.10. The first-order valence-corrected chi connectivity index (χ1v) is 8.28. The fourth-order valence-corrected chi connectivity index (χ4v) is 2.15. The molecule has 2 rings (SSSR count). The fourth-order valence-electron chi connectivity index (χ4n) is 2.15. The summed E-state index contributed by atoms with van der Waals surface area (Å²) < 4.78 is 55.5. The molecule has 0 saturated carbocycles. The average Bonchev–Trinajstić information content (AvgIpc) is 2.63. The quantitative estimate of drug-likeness (QED) is 0.255. The summed E-state index contributed by atoms with van der Waals surface area (Å²) in [4.78, 5) is 8.13. The smallest absolute Gasteiger partial charge is 0.422 e. The molecular formula is C18H21F4IN4O. The van der Waals surface area contributed by atoms with E-state index in [2.05, 4.69) is 20.6 Å². The topological polar surface area (TPSA) is 58.5 Å². The molecule has 0 atom stereocenters. The molecule has 0 bridgehead atoms. The monoisotopic (exact) mass is 512 g/mol. The number of hydrogen-bond donors (Lipinski definition) is 2. The molecule has 0 aliphatic heterocycles. The van der Waals surface area contributed by atoms with Crippen molar-refractivity contribution in [2.45, 2.75) is 26.2 Å². The first-order valence-electron chi connectivity index (χ1n) is 8.28. The minimum absolute atomic E-state index is 0.